The van der Waals surface area contributed by atoms with Gasteiger partial charge in [0.15, 0.2) is 0 Å². The van der Waals surface area contributed by atoms with Gasteiger partial charge in [0.1, 0.15) is 90.6 Å². The van der Waals surface area contributed by atoms with Gasteiger partial charge < -0.3 is 118 Å². The number of aldehydes is 1. The van der Waals surface area contributed by atoms with Gasteiger partial charge in [-0.25, -0.2) is 4.98 Å². The number of H-pyrrole nitrogens is 2. The average Bonchev–Trinajstić information content (AvgIpc) is 1.63. The predicted octanol–water partition coefficient (Wildman–Crippen LogP) is -3.24. The lowest BCUT2D eigenvalue weighted by atomic mass is 9.99. The summed E-state index contributed by atoms with van der Waals surface area (Å²) in [7, 11) is 4.78. The molecule has 0 saturated carbocycles. The lowest BCUT2D eigenvalue weighted by molar-refractivity contribution is -0.150. The topological polar surface area (TPSA) is 572 Å². The summed E-state index contributed by atoms with van der Waals surface area (Å²) in [6, 6.07) is 6.69. The number of aliphatic hydroxyl groups is 3. The van der Waals surface area contributed by atoms with Crippen LogP contribution in [0.2, 0.25) is 0 Å². The fourth-order valence-electron chi connectivity index (χ4n) is 14.5. The number of rotatable bonds is 16. The first-order chi connectivity index (χ1) is 60.1. The molecule has 6 aromatic rings. The second-order valence-electron chi connectivity index (χ2n) is 32.1. The Balaban J connectivity index is 1.12. The van der Waals surface area contributed by atoms with E-state index in [-0.39, 0.29) is 55.7 Å². The highest BCUT2D eigenvalue weighted by atomic mass is 32.2. The summed E-state index contributed by atoms with van der Waals surface area (Å²) in [6.45, 7) is 7.84. The summed E-state index contributed by atoms with van der Waals surface area (Å²) < 4.78 is 0. The lowest BCUT2D eigenvalue weighted by Gasteiger charge is -2.36. The highest BCUT2D eigenvalue weighted by Gasteiger charge is 2.46. The normalized spacial score (nSPS) is 25.9. The number of carboxylic acids is 1. The summed E-state index contributed by atoms with van der Waals surface area (Å²) in [5.41, 5.74) is 2.76. The van der Waals surface area contributed by atoms with E-state index in [1.54, 1.807) is 91.1 Å². The Morgan fingerprint density at radius 1 is 0.512 bits per heavy atom. The number of fused-ring (bicyclic) bond motifs is 2. The SMILES string of the molecule is CC1NC(=O)C2CC(O)CN2C(=O)C(C(C)C)NC(=O)C(C(C)O)NC(=O)C(Cc2ccc(O)cc2)NC(=O)C(Cc2cnc[nH]2)NC(=O)C(C)N(C)C(=O)C(C)NC(=O)C(Cc2ccccc2)N(C)C(=O)C(Cc2ccccc2)N(C)C(=O)C(CC(=O)O)NC(=O)CN(C)C(=O)C(C(C)O)NC(=O)C(Cc2c[nH]c3ccccc23)NC(=O)CSCC(C=O)NC1=O. The molecule has 8 rings (SSSR count). The fourth-order valence-corrected chi connectivity index (χ4v) is 15.3. The molecule has 15 amide bonds. The summed E-state index contributed by atoms with van der Waals surface area (Å²) in [4.78, 5) is 259. The van der Waals surface area contributed by atoms with Crippen molar-refractivity contribution < 1.29 is 107 Å². The molecule has 0 aliphatic carbocycles. The van der Waals surface area contributed by atoms with Crippen molar-refractivity contribution in [1.82, 2.24) is 92.6 Å². The van der Waals surface area contributed by atoms with Crippen LogP contribution >= 0.6 is 11.8 Å². The first-order valence-electron chi connectivity index (χ1n) is 41.2. The van der Waals surface area contributed by atoms with Crippen molar-refractivity contribution in [2.75, 3.05) is 52.8 Å². The number of phenolic OH excluding ortho intramolecular Hbond substituents is 1. The van der Waals surface area contributed by atoms with Crippen LogP contribution in [0.25, 0.3) is 10.9 Å². The largest absolute Gasteiger partial charge is 0.508 e. The predicted molar refractivity (Wildman–Crippen MR) is 460 cm³/mol. The Morgan fingerprint density at radius 2 is 1.06 bits per heavy atom. The molecule has 4 aromatic carbocycles. The first-order valence-corrected chi connectivity index (χ1v) is 42.3. The Morgan fingerprint density at radius 3 is 1.65 bits per heavy atom. The number of aliphatic hydroxyl groups excluding tert-OH is 3. The number of nitrogens with one attached hydrogen (secondary N) is 12. The molecule has 127 heavy (non-hydrogen) atoms. The molecule has 17 N–H and O–H groups in total. The molecule has 2 aliphatic heterocycles. The molecule has 17 unspecified atom stereocenters. The van der Waals surface area contributed by atoms with Crippen molar-refractivity contribution in [3.8, 4) is 5.75 Å². The minimum absolute atomic E-state index is 0.170. The van der Waals surface area contributed by atoms with Gasteiger partial charge in [-0.15, -0.1) is 11.8 Å². The van der Waals surface area contributed by atoms with Crippen molar-refractivity contribution in [3.05, 3.63) is 156 Å². The number of nitrogens with zero attached hydrogens (tertiary/aromatic N) is 6. The van der Waals surface area contributed by atoms with Crippen LogP contribution in [0.4, 0.5) is 0 Å². The summed E-state index contributed by atoms with van der Waals surface area (Å²) in [6.07, 6.45) is -3.06. The number of phenols is 1. The number of carbonyl (C=O) groups excluding carboxylic acids is 16. The highest BCUT2D eigenvalue weighted by molar-refractivity contribution is 8.00. The zero-order valence-electron chi connectivity index (χ0n) is 72.1. The van der Waals surface area contributed by atoms with Gasteiger partial charge in [0.2, 0.25) is 88.6 Å². The van der Waals surface area contributed by atoms with Crippen LogP contribution in [0.5, 0.6) is 5.75 Å². The number of carbonyl (C=O) groups is 17. The Bertz CT molecular complexity index is 4910. The van der Waals surface area contributed by atoms with Crippen LogP contribution in [0, 0.1) is 5.92 Å². The standard InChI is InChI=1S/C86H112N18O22S/c1-45(2)71-86(126)104-39-58(109)35-66(104)80(120)90-46(3)74(114)92-56(41-105)42-127-43-69(111)93-62(33-54-37-88-60-25-19-18-24-59(54)60)78(118)99-73(50(7)107)85(125)100(8)40-68(110)94-64(36-70(112)113)83(123)103(11)67(32-52-22-16-13-17-23-52)84(124)102(10)65(31-51-20-14-12-15-21-51)79(119)91-47(4)82(122)101(9)48(5)75(115)95-63(34-55-38-87-44-89-55)76(116)96-61(30-53-26-28-57(108)29-27-53)77(117)98-72(49(6)106)81(121)97-71/h12-29,37-38,41,44-50,56,58,61-67,71-73,88,106-109H,30-36,39-40,42-43H2,1-11H3,(H,87,89)(H,90,120)(H,91,119)(H,92,114)(H,93,111)(H,94,110)(H,95,115)(H,96,116)(H,97,121)(H,98,117)(H,99,118)(H,112,113). The average molecular weight is 1780 g/mol. The third-order valence-corrected chi connectivity index (χ3v) is 23.0. The first kappa shape index (κ1) is 99.3. The van der Waals surface area contributed by atoms with E-state index in [9.17, 15) is 97.5 Å². The molecule has 2 fully saturated rings. The van der Waals surface area contributed by atoms with Crippen molar-refractivity contribution in [2.24, 2.45) is 5.92 Å². The molecule has 0 spiro atoms. The van der Waals surface area contributed by atoms with Crippen LogP contribution in [0.1, 0.15) is 89.3 Å². The zero-order valence-corrected chi connectivity index (χ0v) is 73.0. The number of hydrogen-bond donors (Lipinski definition) is 17. The molecular formula is C86H112N18O22S. The fraction of sp³-hybridized carbons (Fsp3) is 0.465. The summed E-state index contributed by atoms with van der Waals surface area (Å²) in [5.74, 6) is -18.2. The second kappa shape index (κ2) is 46.2. The van der Waals surface area contributed by atoms with E-state index < -0.39 is 229 Å². The molecule has 40 nitrogen and oxygen atoms in total. The summed E-state index contributed by atoms with van der Waals surface area (Å²) >= 11 is 0.834. The van der Waals surface area contributed by atoms with Crippen LogP contribution < -0.4 is 53.2 Å². The van der Waals surface area contributed by atoms with Gasteiger partial charge in [-0.3, -0.25) is 76.7 Å². The molecule has 2 aliphatic rings. The van der Waals surface area contributed by atoms with E-state index in [1.807, 2.05) is 0 Å². The minimum atomic E-state index is -1.96. The number of amides is 15. The molecule has 2 aromatic heterocycles. The number of aromatic nitrogens is 3. The van der Waals surface area contributed by atoms with Crippen molar-refractivity contribution in [3.63, 3.8) is 0 Å². The quantitative estimate of drug-likeness (QED) is 0.0423. The number of thioether (sulfide) groups is 1. The van der Waals surface area contributed by atoms with E-state index in [4.69, 9.17) is 0 Å². The maximum atomic E-state index is 15.5. The Hall–Kier alpha value is -13.2. The zero-order chi connectivity index (χ0) is 93.4. The van der Waals surface area contributed by atoms with Crippen LogP contribution in [-0.4, -0.2) is 322 Å². The minimum Gasteiger partial charge on any atom is -0.508 e. The lowest BCUT2D eigenvalue weighted by Crippen LogP contribution is -2.63. The van der Waals surface area contributed by atoms with Crippen LogP contribution in [-0.2, 0) is 114 Å². The maximum absolute atomic E-state index is 15.5. The number of benzene rings is 4. The third-order valence-electron chi connectivity index (χ3n) is 21.9. The van der Waals surface area contributed by atoms with Gasteiger partial charge in [-0.05, 0) is 81.0 Å². The molecular weight excluding hydrogens is 1670 g/mol. The molecule has 17 atom stereocenters. The van der Waals surface area contributed by atoms with Gasteiger partial charge in [-0.1, -0.05) is 105 Å². The molecule has 684 valence electrons. The highest BCUT2D eigenvalue weighted by Crippen LogP contribution is 2.25. The van der Waals surface area contributed by atoms with E-state index in [0.717, 1.165) is 57.2 Å². The second-order valence-corrected chi connectivity index (χ2v) is 33.1. The number of imidazole rings is 1. The Labute approximate surface area is 736 Å². The molecule has 0 bridgehead atoms. The van der Waals surface area contributed by atoms with E-state index in [1.165, 1.54) is 92.6 Å². The van der Waals surface area contributed by atoms with Gasteiger partial charge in [-0.2, -0.15) is 0 Å². The Kier molecular flexibility index (Phi) is 36.1. The third kappa shape index (κ3) is 27.7. The van der Waals surface area contributed by atoms with E-state index in [0.29, 0.717) is 39.4 Å². The van der Waals surface area contributed by atoms with Crippen molar-refractivity contribution in [2.45, 2.75) is 196 Å². The number of para-hydroxylation sites is 1. The van der Waals surface area contributed by atoms with Crippen LogP contribution in [0.15, 0.2) is 128 Å². The van der Waals surface area contributed by atoms with Gasteiger partial charge in [0, 0.05) is 108 Å². The van der Waals surface area contributed by atoms with Gasteiger partial charge in [0.05, 0.1) is 49.4 Å². The smallest absolute Gasteiger partial charge is 0.305 e. The van der Waals surface area contributed by atoms with Crippen LogP contribution in [0.3, 0.4) is 0 Å². The molecule has 4 heterocycles. The van der Waals surface area contributed by atoms with Gasteiger partial charge in [0.25, 0.3) is 0 Å². The monoisotopic (exact) mass is 1780 g/mol. The summed E-state index contributed by atoms with van der Waals surface area (Å²) in [5, 5.41) is 79.9. The number of aliphatic carboxylic acids is 1. The number of carboxylic acid groups (broad SMARTS) is 1. The number of aromatic hydroxyl groups is 1. The van der Waals surface area contributed by atoms with Gasteiger partial charge >= 0.3 is 5.97 Å². The molecule has 41 heteroatoms. The molecule has 0 radical (unpaired) electrons. The van der Waals surface area contributed by atoms with Crippen molar-refractivity contribution >= 4 is 124 Å². The number of likely N-dealkylation sites (N-methyl/N-ethyl adjacent to an activating group) is 4. The van der Waals surface area contributed by atoms with Crippen molar-refractivity contribution in [1.29, 1.82) is 0 Å². The maximum Gasteiger partial charge on any atom is 0.305 e. The number of hydrogen-bond acceptors (Lipinski definition) is 23. The number of aromatic amines is 2. The molecule has 2 saturated heterocycles. The van der Waals surface area contributed by atoms with E-state index in [2.05, 4.69) is 68.1 Å². The van der Waals surface area contributed by atoms with E-state index >= 15 is 9.59 Å².